The molecule has 0 spiro atoms. The van der Waals surface area contributed by atoms with E-state index in [2.05, 4.69) is 5.32 Å². The fourth-order valence-corrected chi connectivity index (χ4v) is 2.06. The van der Waals surface area contributed by atoms with E-state index in [0.29, 0.717) is 30.0 Å². The Balaban J connectivity index is 1.94. The van der Waals surface area contributed by atoms with Crippen LogP contribution in [0.4, 0.5) is 4.39 Å². The fourth-order valence-electron chi connectivity index (χ4n) is 2.06. The maximum Gasteiger partial charge on any atom is 0.371 e. The number of carboxylic acids is 1. The Bertz CT molecular complexity index is 611. The Morgan fingerprint density at radius 3 is 2.45 bits per heavy atom. The first-order valence-electron chi connectivity index (χ1n) is 6.25. The zero-order chi connectivity index (χ0) is 14.7. The molecule has 0 bridgehead atoms. The van der Waals surface area contributed by atoms with Crippen LogP contribution >= 0.6 is 0 Å². The van der Waals surface area contributed by atoms with E-state index >= 15 is 0 Å². The van der Waals surface area contributed by atoms with Crippen LogP contribution in [0, 0.1) is 19.7 Å². The second kappa shape index (κ2) is 5.88. The van der Waals surface area contributed by atoms with Gasteiger partial charge in [-0.1, -0.05) is 12.1 Å². The highest BCUT2D eigenvalue weighted by atomic mass is 19.1. The van der Waals surface area contributed by atoms with Gasteiger partial charge >= 0.3 is 5.97 Å². The molecule has 5 heteroatoms. The summed E-state index contributed by atoms with van der Waals surface area (Å²) in [6, 6.07) is 6.63. The first-order chi connectivity index (χ1) is 9.47. The van der Waals surface area contributed by atoms with E-state index in [4.69, 9.17) is 9.52 Å². The van der Waals surface area contributed by atoms with Crippen molar-refractivity contribution >= 4 is 5.97 Å². The molecule has 0 aliphatic carbocycles. The van der Waals surface area contributed by atoms with Crippen LogP contribution in [0.2, 0.25) is 0 Å². The molecular formula is C15H16FNO3. The Kier molecular flexibility index (Phi) is 4.20. The zero-order valence-corrected chi connectivity index (χ0v) is 11.4. The molecule has 106 valence electrons. The summed E-state index contributed by atoms with van der Waals surface area (Å²) in [5, 5.41) is 11.9. The second-order valence-electron chi connectivity index (χ2n) is 4.72. The molecule has 0 fully saturated rings. The summed E-state index contributed by atoms with van der Waals surface area (Å²) in [6.07, 6.45) is 0. The molecule has 0 aliphatic rings. The van der Waals surface area contributed by atoms with E-state index in [1.807, 2.05) is 0 Å². The van der Waals surface area contributed by atoms with E-state index in [-0.39, 0.29) is 11.6 Å². The molecule has 2 aromatic rings. The van der Waals surface area contributed by atoms with Gasteiger partial charge in [-0.05, 0) is 42.7 Å². The number of aryl methyl sites for hydroxylation is 2. The lowest BCUT2D eigenvalue weighted by Gasteiger charge is -2.07. The van der Waals surface area contributed by atoms with Gasteiger partial charge in [-0.2, -0.15) is 0 Å². The van der Waals surface area contributed by atoms with E-state index in [9.17, 15) is 9.18 Å². The molecule has 0 aliphatic heterocycles. The average Bonchev–Trinajstić information content (AvgIpc) is 2.85. The molecule has 0 radical (unpaired) electrons. The monoisotopic (exact) mass is 277 g/mol. The molecule has 2 N–H and O–H groups in total. The van der Waals surface area contributed by atoms with Gasteiger partial charge in [0.15, 0.2) is 0 Å². The zero-order valence-electron chi connectivity index (χ0n) is 11.4. The number of carboxylic acid groups (broad SMARTS) is 1. The maximum absolute atomic E-state index is 13.5. The van der Waals surface area contributed by atoms with Gasteiger partial charge in [-0.3, -0.25) is 0 Å². The predicted molar refractivity (Wildman–Crippen MR) is 72.1 cm³/mol. The first-order valence-corrected chi connectivity index (χ1v) is 6.25. The van der Waals surface area contributed by atoms with Crippen molar-refractivity contribution in [1.29, 1.82) is 0 Å². The standard InChI is InChI=1S/C15H16FNO3/c1-9-5-11(6-10(2)14(9)16)7-17-8-12-3-4-13(20-12)15(18)19/h3-6,17H,7-8H2,1-2H3,(H,18,19). The lowest BCUT2D eigenvalue weighted by molar-refractivity contribution is 0.0660. The maximum atomic E-state index is 13.5. The molecule has 1 aromatic carbocycles. The highest BCUT2D eigenvalue weighted by Gasteiger charge is 2.09. The van der Waals surface area contributed by atoms with Gasteiger partial charge in [0.25, 0.3) is 0 Å². The van der Waals surface area contributed by atoms with Gasteiger partial charge in [0.1, 0.15) is 11.6 Å². The van der Waals surface area contributed by atoms with Crippen molar-refractivity contribution in [3.05, 3.63) is 58.3 Å². The highest BCUT2D eigenvalue weighted by molar-refractivity contribution is 5.84. The summed E-state index contributed by atoms with van der Waals surface area (Å²) in [5.41, 5.74) is 2.22. The largest absolute Gasteiger partial charge is 0.475 e. The predicted octanol–water partition coefficient (Wildman–Crippen LogP) is 3.02. The number of aromatic carboxylic acids is 1. The lowest BCUT2D eigenvalue weighted by atomic mass is 10.1. The van der Waals surface area contributed by atoms with E-state index in [1.54, 1.807) is 32.0 Å². The van der Waals surface area contributed by atoms with Crippen molar-refractivity contribution in [2.24, 2.45) is 0 Å². The fraction of sp³-hybridized carbons (Fsp3) is 0.267. The molecule has 20 heavy (non-hydrogen) atoms. The molecule has 0 atom stereocenters. The van der Waals surface area contributed by atoms with Crippen LogP contribution in [0.15, 0.2) is 28.7 Å². The molecule has 1 aromatic heterocycles. The van der Waals surface area contributed by atoms with Crippen LogP contribution in [0.1, 0.15) is 33.0 Å². The van der Waals surface area contributed by atoms with Crippen molar-refractivity contribution in [3.8, 4) is 0 Å². The summed E-state index contributed by atoms with van der Waals surface area (Å²) in [7, 11) is 0. The van der Waals surface area contributed by atoms with E-state index < -0.39 is 5.97 Å². The van der Waals surface area contributed by atoms with Gasteiger partial charge in [-0.25, -0.2) is 9.18 Å². The normalized spacial score (nSPS) is 10.8. The number of rotatable bonds is 5. The van der Waals surface area contributed by atoms with E-state index in [0.717, 1.165) is 5.56 Å². The number of carbonyl (C=O) groups is 1. The summed E-state index contributed by atoms with van der Waals surface area (Å²) < 4.78 is 18.6. The van der Waals surface area contributed by atoms with Gasteiger partial charge < -0.3 is 14.8 Å². The van der Waals surface area contributed by atoms with Crippen molar-refractivity contribution < 1.29 is 18.7 Å². The minimum Gasteiger partial charge on any atom is -0.475 e. The minimum absolute atomic E-state index is 0.0738. The third kappa shape index (κ3) is 3.24. The molecule has 0 saturated heterocycles. The van der Waals surface area contributed by atoms with Crippen molar-refractivity contribution in [1.82, 2.24) is 5.32 Å². The Hall–Kier alpha value is -2.14. The Morgan fingerprint density at radius 2 is 1.90 bits per heavy atom. The SMILES string of the molecule is Cc1cc(CNCc2ccc(C(=O)O)o2)cc(C)c1F. The number of nitrogens with one attached hydrogen (secondary N) is 1. The Morgan fingerprint density at radius 1 is 1.25 bits per heavy atom. The number of hydrogen-bond donors (Lipinski definition) is 2. The quantitative estimate of drug-likeness (QED) is 0.881. The van der Waals surface area contributed by atoms with Crippen LogP contribution in [-0.4, -0.2) is 11.1 Å². The van der Waals surface area contributed by atoms with Crippen molar-refractivity contribution in [2.75, 3.05) is 0 Å². The van der Waals surface area contributed by atoms with Gasteiger partial charge in [0.2, 0.25) is 5.76 Å². The second-order valence-corrected chi connectivity index (χ2v) is 4.72. The van der Waals surface area contributed by atoms with Gasteiger partial charge in [-0.15, -0.1) is 0 Å². The molecule has 0 saturated carbocycles. The van der Waals surface area contributed by atoms with Crippen LogP contribution in [-0.2, 0) is 13.1 Å². The van der Waals surface area contributed by atoms with Crippen molar-refractivity contribution in [2.45, 2.75) is 26.9 Å². The Labute approximate surface area is 116 Å². The van der Waals surface area contributed by atoms with Crippen LogP contribution < -0.4 is 5.32 Å². The van der Waals surface area contributed by atoms with Gasteiger partial charge in [0.05, 0.1) is 6.54 Å². The smallest absolute Gasteiger partial charge is 0.371 e. The lowest BCUT2D eigenvalue weighted by Crippen LogP contribution is -2.12. The topological polar surface area (TPSA) is 62.5 Å². The summed E-state index contributed by atoms with van der Waals surface area (Å²) in [6.45, 7) is 4.45. The molecule has 0 unspecified atom stereocenters. The van der Waals surface area contributed by atoms with Crippen LogP contribution in [0.3, 0.4) is 0 Å². The minimum atomic E-state index is -1.08. The average molecular weight is 277 g/mol. The number of furan rings is 1. The van der Waals surface area contributed by atoms with Gasteiger partial charge in [0, 0.05) is 6.54 Å². The summed E-state index contributed by atoms with van der Waals surface area (Å²) >= 11 is 0. The number of halogens is 1. The number of benzene rings is 1. The third-order valence-electron chi connectivity index (χ3n) is 3.00. The molecule has 2 rings (SSSR count). The van der Waals surface area contributed by atoms with Crippen LogP contribution in [0.25, 0.3) is 0 Å². The van der Waals surface area contributed by atoms with E-state index in [1.165, 1.54) is 6.07 Å². The molecular weight excluding hydrogens is 261 g/mol. The summed E-state index contributed by atoms with van der Waals surface area (Å²) in [4.78, 5) is 10.7. The highest BCUT2D eigenvalue weighted by Crippen LogP contribution is 2.15. The summed E-state index contributed by atoms with van der Waals surface area (Å²) in [5.74, 6) is -0.778. The first kappa shape index (κ1) is 14.3. The third-order valence-corrected chi connectivity index (χ3v) is 3.00. The molecule has 4 nitrogen and oxygen atoms in total. The van der Waals surface area contributed by atoms with Crippen LogP contribution in [0.5, 0.6) is 0 Å². The van der Waals surface area contributed by atoms with Crippen molar-refractivity contribution in [3.63, 3.8) is 0 Å². The molecule has 0 amide bonds. The molecule has 1 heterocycles. The number of hydrogen-bond acceptors (Lipinski definition) is 3.